The molecule has 0 aliphatic rings. The van der Waals surface area contributed by atoms with E-state index in [4.69, 9.17) is 4.42 Å². The van der Waals surface area contributed by atoms with Gasteiger partial charge in [-0.3, -0.25) is 0 Å². The molecule has 98 valence electrons. The number of rotatable bonds is 3. The van der Waals surface area contributed by atoms with Crippen molar-refractivity contribution in [2.45, 2.75) is 32.4 Å². The van der Waals surface area contributed by atoms with Crippen molar-refractivity contribution in [2.24, 2.45) is 0 Å². The summed E-state index contributed by atoms with van der Waals surface area (Å²) in [6.45, 7) is 6.40. The van der Waals surface area contributed by atoms with E-state index in [1.54, 1.807) is 18.2 Å². The van der Waals surface area contributed by atoms with Crippen LogP contribution in [0.2, 0.25) is 0 Å². The monoisotopic (exact) mass is 251 g/mol. The van der Waals surface area contributed by atoms with Crippen molar-refractivity contribution in [1.29, 1.82) is 0 Å². The number of hydrogen-bond acceptors (Lipinski definition) is 3. The van der Waals surface area contributed by atoms with Gasteiger partial charge in [0.2, 0.25) is 0 Å². The van der Waals surface area contributed by atoms with Crippen molar-refractivity contribution in [3.63, 3.8) is 0 Å². The molecule has 0 saturated heterocycles. The van der Waals surface area contributed by atoms with Gasteiger partial charge in [0, 0.05) is 17.5 Å². The number of furan rings is 1. The van der Waals surface area contributed by atoms with Gasteiger partial charge in [-0.15, -0.1) is 0 Å². The third kappa shape index (κ3) is 2.89. The second kappa shape index (κ2) is 4.71. The van der Waals surface area contributed by atoms with Crippen molar-refractivity contribution >= 4 is 11.0 Å². The van der Waals surface area contributed by atoms with Crippen LogP contribution in [-0.2, 0) is 0 Å². The van der Waals surface area contributed by atoms with Gasteiger partial charge in [0.15, 0.2) is 11.4 Å². The number of nitrogens with one attached hydrogen (secondary N) is 1. The van der Waals surface area contributed by atoms with Crippen LogP contribution in [-0.4, -0.2) is 17.2 Å². The highest BCUT2D eigenvalue weighted by Gasteiger charge is 2.17. The highest BCUT2D eigenvalue weighted by molar-refractivity contribution is 5.78. The van der Waals surface area contributed by atoms with E-state index in [1.165, 1.54) is 6.07 Å². The maximum absolute atomic E-state index is 13.4. The molecule has 3 nitrogen and oxygen atoms in total. The van der Waals surface area contributed by atoms with Gasteiger partial charge in [0.1, 0.15) is 11.9 Å². The van der Waals surface area contributed by atoms with Crippen molar-refractivity contribution in [1.82, 2.24) is 5.32 Å². The second-order valence-corrected chi connectivity index (χ2v) is 5.45. The molecule has 1 aromatic carbocycles. The zero-order valence-electron chi connectivity index (χ0n) is 10.8. The second-order valence-electron chi connectivity index (χ2n) is 5.45. The lowest BCUT2D eigenvalue weighted by Crippen LogP contribution is -2.38. The zero-order chi connectivity index (χ0) is 13.3. The summed E-state index contributed by atoms with van der Waals surface area (Å²) in [6.07, 6.45) is -0.781. The van der Waals surface area contributed by atoms with Crippen LogP contribution in [0.1, 0.15) is 32.6 Å². The lowest BCUT2D eigenvalue weighted by Gasteiger charge is -2.22. The zero-order valence-corrected chi connectivity index (χ0v) is 10.8. The Hall–Kier alpha value is -1.39. The minimum atomic E-state index is -0.781. The highest BCUT2D eigenvalue weighted by Crippen LogP contribution is 2.25. The number of fused-ring (bicyclic) bond motifs is 1. The van der Waals surface area contributed by atoms with E-state index in [-0.39, 0.29) is 11.1 Å². The van der Waals surface area contributed by atoms with E-state index in [0.717, 1.165) is 0 Å². The van der Waals surface area contributed by atoms with Crippen molar-refractivity contribution in [3.05, 3.63) is 35.8 Å². The SMILES string of the molecule is CC(C)(C)NCC(O)c1cc2cccc(F)c2o1. The van der Waals surface area contributed by atoms with Gasteiger partial charge in [-0.2, -0.15) is 0 Å². The molecule has 0 fully saturated rings. The summed E-state index contributed by atoms with van der Waals surface area (Å²) in [5.74, 6) is -0.0263. The Balaban J connectivity index is 2.18. The highest BCUT2D eigenvalue weighted by atomic mass is 19.1. The Morgan fingerprint density at radius 2 is 2.11 bits per heavy atom. The first kappa shape index (κ1) is 13.1. The van der Waals surface area contributed by atoms with Crippen LogP contribution in [0.15, 0.2) is 28.7 Å². The Bertz CT molecular complexity index is 542. The first-order chi connectivity index (χ1) is 8.37. The average Bonchev–Trinajstić information content (AvgIpc) is 2.70. The Morgan fingerprint density at radius 3 is 2.72 bits per heavy atom. The van der Waals surface area contributed by atoms with Crippen LogP contribution in [0, 0.1) is 5.82 Å². The number of para-hydroxylation sites is 1. The standard InChI is InChI=1S/C14H18FNO2/c1-14(2,3)16-8-11(17)12-7-9-5-4-6-10(15)13(9)18-12/h4-7,11,16-17H,8H2,1-3H3. The third-order valence-corrected chi connectivity index (χ3v) is 2.67. The van der Waals surface area contributed by atoms with Gasteiger partial charge in [0.25, 0.3) is 0 Å². The summed E-state index contributed by atoms with van der Waals surface area (Å²) in [4.78, 5) is 0. The molecule has 0 spiro atoms. The number of aliphatic hydroxyl groups excluding tert-OH is 1. The fourth-order valence-electron chi connectivity index (χ4n) is 1.72. The predicted molar refractivity (Wildman–Crippen MR) is 68.9 cm³/mol. The van der Waals surface area contributed by atoms with E-state index >= 15 is 0 Å². The van der Waals surface area contributed by atoms with Crippen LogP contribution in [0.5, 0.6) is 0 Å². The van der Waals surface area contributed by atoms with Crippen LogP contribution < -0.4 is 5.32 Å². The molecule has 1 heterocycles. The number of β-amino-alcohol motifs (C(OH)–C–C–N with tert-alkyl or cyclic N) is 1. The van der Waals surface area contributed by atoms with Crippen LogP contribution in [0.4, 0.5) is 4.39 Å². The first-order valence-electron chi connectivity index (χ1n) is 5.98. The molecule has 0 aliphatic carbocycles. The first-order valence-corrected chi connectivity index (χ1v) is 5.98. The summed E-state index contributed by atoms with van der Waals surface area (Å²) in [7, 11) is 0. The molecular formula is C14H18FNO2. The van der Waals surface area contributed by atoms with E-state index in [1.807, 2.05) is 20.8 Å². The molecule has 0 aliphatic heterocycles. The predicted octanol–water partition coefficient (Wildman–Crippen LogP) is 2.99. The number of aliphatic hydroxyl groups is 1. The summed E-state index contributed by atoms with van der Waals surface area (Å²) in [6, 6.07) is 6.40. The molecule has 1 atom stereocenters. The van der Waals surface area contributed by atoms with Crippen LogP contribution >= 0.6 is 0 Å². The third-order valence-electron chi connectivity index (χ3n) is 2.67. The quantitative estimate of drug-likeness (QED) is 0.881. The minimum Gasteiger partial charge on any atom is -0.455 e. The van der Waals surface area contributed by atoms with Gasteiger partial charge in [0.05, 0.1) is 0 Å². The fourth-order valence-corrected chi connectivity index (χ4v) is 1.72. The normalized spacial score (nSPS) is 14.1. The van der Waals surface area contributed by atoms with Crippen molar-refractivity contribution in [2.75, 3.05) is 6.54 Å². The van der Waals surface area contributed by atoms with E-state index in [2.05, 4.69) is 5.32 Å². The molecule has 2 N–H and O–H groups in total. The Kier molecular flexibility index (Phi) is 3.41. The van der Waals surface area contributed by atoms with E-state index in [0.29, 0.717) is 17.7 Å². The van der Waals surface area contributed by atoms with Crippen molar-refractivity contribution < 1.29 is 13.9 Å². The van der Waals surface area contributed by atoms with Gasteiger partial charge >= 0.3 is 0 Å². The van der Waals surface area contributed by atoms with Gasteiger partial charge < -0.3 is 14.8 Å². The number of hydrogen-bond donors (Lipinski definition) is 2. The maximum Gasteiger partial charge on any atom is 0.170 e. The molecular weight excluding hydrogens is 233 g/mol. The lowest BCUT2D eigenvalue weighted by atomic mass is 10.1. The minimum absolute atomic E-state index is 0.0851. The topological polar surface area (TPSA) is 45.4 Å². The molecule has 2 aromatic rings. The molecule has 1 aromatic heterocycles. The van der Waals surface area contributed by atoms with Crippen molar-refractivity contribution in [3.8, 4) is 0 Å². The molecule has 0 radical (unpaired) electrons. The van der Waals surface area contributed by atoms with Gasteiger partial charge in [-0.05, 0) is 32.9 Å². The molecule has 2 rings (SSSR count). The van der Waals surface area contributed by atoms with Crippen LogP contribution in [0.25, 0.3) is 11.0 Å². The molecule has 0 saturated carbocycles. The summed E-state index contributed by atoms with van der Waals surface area (Å²) >= 11 is 0. The van der Waals surface area contributed by atoms with Gasteiger partial charge in [-0.25, -0.2) is 4.39 Å². The molecule has 1 unspecified atom stereocenters. The fraction of sp³-hybridized carbons (Fsp3) is 0.429. The maximum atomic E-state index is 13.4. The number of halogens is 1. The number of benzene rings is 1. The average molecular weight is 251 g/mol. The smallest absolute Gasteiger partial charge is 0.170 e. The molecule has 18 heavy (non-hydrogen) atoms. The molecule has 4 heteroatoms. The van der Waals surface area contributed by atoms with E-state index in [9.17, 15) is 9.50 Å². The summed E-state index contributed by atoms with van der Waals surface area (Å²) in [5, 5.41) is 13.8. The van der Waals surface area contributed by atoms with E-state index < -0.39 is 11.9 Å². The summed E-state index contributed by atoms with van der Waals surface area (Å²) in [5.41, 5.74) is 0.112. The van der Waals surface area contributed by atoms with Crippen LogP contribution in [0.3, 0.4) is 0 Å². The Morgan fingerprint density at radius 1 is 1.39 bits per heavy atom. The Labute approximate surface area is 106 Å². The molecule has 0 bridgehead atoms. The summed E-state index contributed by atoms with van der Waals surface area (Å²) < 4.78 is 18.8. The van der Waals surface area contributed by atoms with Gasteiger partial charge in [-0.1, -0.05) is 12.1 Å². The largest absolute Gasteiger partial charge is 0.455 e. The lowest BCUT2D eigenvalue weighted by molar-refractivity contribution is 0.140. The molecule has 0 amide bonds.